The lowest BCUT2D eigenvalue weighted by molar-refractivity contribution is -0.117. The topological polar surface area (TPSA) is 76.0 Å². The highest BCUT2D eigenvalue weighted by Crippen LogP contribution is 2.41. The number of hydrogen-bond acceptors (Lipinski definition) is 5. The third-order valence-corrected chi connectivity index (χ3v) is 9.34. The monoisotopic (exact) mass is 506 g/mol. The van der Waals surface area contributed by atoms with Crippen molar-refractivity contribution in [3.63, 3.8) is 0 Å². The van der Waals surface area contributed by atoms with E-state index in [0.29, 0.717) is 17.5 Å². The molecule has 1 amide bonds. The smallest absolute Gasteiger partial charge is 0.252 e. The lowest BCUT2D eigenvalue weighted by atomic mass is 10.1. The fourth-order valence-electron chi connectivity index (χ4n) is 4.34. The van der Waals surface area contributed by atoms with E-state index < -0.39 is 9.84 Å². The van der Waals surface area contributed by atoms with Gasteiger partial charge in [-0.1, -0.05) is 71.9 Å². The molecule has 0 spiro atoms. The Hall–Kier alpha value is -3.10. The lowest BCUT2D eigenvalue weighted by Crippen LogP contribution is -2.37. The molecule has 0 saturated carbocycles. The third-order valence-electron chi connectivity index (χ3n) is 6.13. The molecular formula is C27H26N2O4S2. The molecule has 2 aliphatic rings. The second kappa shape index (κ2) is 9.87. The van der Waals surface area contributed by atoms with Gasteiger partial charge < -0.3 is 9.64 Å². The zero-order chi connectivity index (χ0) is 24.4. The second-order valence-corrected chi connectivity index (χ2v) is 12.2. The quantitative estimate of drug-likeness (QED) is 0.493. The van der Waals surface area contributed by atoms with Crippen molar-refractivity contribution in [2.75, 3.05) is 16.4 Å². The van der Waals surface area contributed by atoms with Crippen LogP contribution in [0.15, 0.2) is 83.9 Å². The van der Waals surface area contributed by atoms with Crippen LogP contribution in [0.25, 0.3) is 0 Å². The molecule has 0 aliphatic carbocycles. The molecule has 35 heavy (non-hydrogen) atoms. The molecule has 2 fully saturated rings. The summed E-state index contributed by atoms with van der Waals surface area (Å²) in [7, 11) is -3.13. The predicted octanol–water partition coefficient (Wildman–Crippen LogP) is 4.42. The molecule has 2 atom stereocenters. The van der Waals surface area contributed by atoms with Gasteiger partial charge in [-0.2, -0.15) is 4.99 Å². The average molecular weight is 507 g/mol. The number of benzene rings is 3. The lowest BCUT2D eigenvalue weighted by Gasteiger charge is -2.24. The third kappa shape index (κ3) is 5.60. The number of fused-ring (bicyclic) bond motifs is 1. The predicted molar refractivity (Wildman–Crippen MR) is 141 cm³/mol. The first-order valence-corrected chi connectivity index (χ1v) is 14.2. The molecule has 3 aromatic carbocycles. The minimum absolute atomic E-state index is 0.0576. The van der Waals surface area contributed by atoms with Crippen LogP contribution in [-0.4, -0.2) is 42.3 Å². The van der Waals surface area contributed by atoms with Gasteiger partial charge >= 0.3 is 0 Å². The number of carbonyl (C=O) groups excluding carboxylic acids is 1. The van der Waals surface area contributed by atoms with Gasteiger partial charge in [0, 0.05) is 10.9 Å². The Labute approximate surface area is 209 Å². The summed E-state index contributed by atoms with van der Waals surface area (Å²) in [4.78, 5) is 19.1. The minimum Gasteiger partial charge on any atom is -0.489 e. The number of carbonyl (C=O) groups is 1. The number of nitrogens with zero attached hydrogens (tertiary/aromatic N) is 2. The maximum Gasteiger partial charge on any atom is 0.252 e. The average Bonchev–Trinajstić information content (AvgIpc) is 3.30. The zero-order valence-electron chi connectivity index (χ0n) is 19.3. The van der Waals surface area contributed by atoms with Crippen molar-refractivity contribution in [2.45, 2.75) is 31.2 Å². The molecule has 0 aromatic heterocycles. The molecule has 5 rings (SSSR count). The fraction of sp³-hybridized carbons (Fsp3) is 0.259. The Morgan fingerprint density at radius 2 is 1.69 bits per heavy atom. The van der Waals surface area contributed by atoms with Crippen molar-refractivity contribution in [2.24, 2.45) is 4.99 Å². The van der Waals surface area contributed by atoms with Crippen molar-refractivity contribution >= 4 is 38.4 Å². The van der Waals surface area contributed by atoms with E-state index in [4.69, 9.17) is 4.74 Å². The number of amidine groups is 1. The maximum atomic E-state index is 12.8. The fourth-order valence-corrected chi connectivity index (χ4v) is 8.27. The van der Waals surface area contributed by atoms with Crippen LogP contribution in [-0.2, 0) is 27.7 Å². The largest absolute Gasteiger partial charge is 0.489 e. The summed E-state index contributed by atoms with van der Waals surface area (Å²) in [5, 5.41) is 0.421. The van der Waals surface area contributed by atoms with Crippen LogP contribution < -0.4 is 9.64 Å². The number of thioether (sulfide) groups is 1. The van der Waals surface area contributed by atoms with Gasteiger partial charge in [-0.3, -0.25) is 4.79 Å². The molecule has 3 aromatic rings. The summed E-state index contributed by atoms with van der Waals surface area (Å²) in [5.74, 6) is 0.630. The molecular weight excluding hydrogens is 480 g/mol. The van der Waals surface area contributed by atoms with Gasteiger partial charge in [-0.05, 0) is 42.3 Å². The summed E-state index contributed by atoms with van der Waals surface area (Å²) in [6, 6.07) is 25.0. The number of aryl methyl sites for hydroxylation is 1. The normalized spacial score (nSPS) is 21.7. The van der Waals surface area contributed by atoms with Crippen LogP contribution in [0, 0.1) is 6.92 Å². The van der Waals surface area contributed by atoms with E-state index in [1.54, 1.807) is 0 Å². The van der Waals surface area contributed by atoms with E-state index in [1.807, 2.05) is 90.7 Å². The zero-order valence-corrected chi connectivity index (χ0v) is 21.0. The van der Waals surface area contributed by atoms with Crippen molar-refractivity contribution < 1.29 is 17.9 Å². The molecule has 2 saturated heterocycles. The van der Waals surface area contributed by atoms with Gasteiger partial charge in [0.25, 0.3) is 5.91 Å². The number of rotatable bonds is 6. The Bertz CT molecular complexity index is 1340. The van der Waals surface area contributed by atoms with E-state index in [-0.39, 0.29) is 35.1 Å². The Morgan fingerprint density at radius 3 is 2.40 bits per heavy atom. The van der Waals surface area contributed by atoms with E-state index in [2.05, 4.69) is 4.99 Å². The van der Waals surface area contributed by atoms with Crippen LogP contribution in [0.1, 0.15) is 16.7 Å². The highest BCUT2D eigenvalue weighted by molar-refractivity contribution is 8.16. The molecule has 0 N–H and O–H groups in total. The van der Waals surface area contributed by atoms with Crippen LogP contribution in [0.2, 0.25) is 0 Å². The van der Waals surface area contributed by atoms with E-state index in [1.165, 1.54) is 11.8 Å². The summed E-state index contributed by atoms with van der Waals surface area (Å²) >= 11 is 1.38. The van der Waals surface area contributed by atoms with Gasteiger partial charge in [-0.15, -0.1) is 0 Å². The van der Waals surface area contributed by atoms with E-state index in [9.17, 15) is 13.2 Å². The summed E-state index contributed by atoms with van der Waals surface area (Å²) in [6.45, 7) is 2.46. The highest BCUT2D eigenvalue weighted by atomic mass is 32.2. The SMILES string of the molecule is Cc1ccc(CC(=O)N=C2S[C@H]3CS(=O)(=O)C[C@@H]3N2c2ccc(OCc3ccccc3)cc2)cc1. The van der Waals surface area contributed by atoms with Gasteiger partial charge in [0.1, 0.15) is 12.4 Å². The summed E-state index contributed by atoms with van der Waals surface area (Å²) < 4.78 is 30.5. The first kappa shape index (κ1) is 23.6. The number of anilines is 1. The molecule has 6 nitrogen and oxygen atoms in total. The highest BCUT2D eigenvalue weighted by Gasteiger charge is 2.49. The van der Waals surface area contributed by atoms with E-state index >= 15 is 0 Å². The minimum atomic E-state index is -3.13. The number of hydrogen-bond donors (Lipinski definition) is 0. The first-order chi connectivity index (χ1) is 16.9. The molecule has 180 valence electrons. The van der Waals surface area contributed by atoms with Crippen LogP contribution >= 0.6 is 11.8 Å². The van der Waals surface area contributed by atoms with Crippen molar-refractivity contribution in [3.05, 3.63) is 95.6 Å². The Kier molecular flexibility index (Phi) is 6.67. The van der Waals surface area contributed by atoms with Gasteiger partial charge in [0.15, 0.2) is 15.0 Å². The van der Waals surface area contributed by atoms with Gasteiger partial charge in [0.05, 0.1) is 24.0 Å². The van der Waals surface area contributed by atoms with Gasteiger partial charge in [-0.25, -0.2) is 8.42 Å². The maximum absolute atomic E-state index is 12.8. The number of aliphatic imine (C=N–C) groups is 1. The van der Waals surface area contributed by atoms with Crippen LogP contribution in [0.5, 0.6) is 5.75 Å². The number of sulfone groups is 1. The Morgan fingerprint density at radius 1 is 0.971 bits per heavy atom. The number of amides is 1. The second-order valence-electron chi connectivity index (χ2n) is 8.89. The molecule has 2 heterocycles. The summed E-state index contributed by atoms with van der Waals surface area (Å²) in [6.07, 6.45) is 0.206. The van der Waals surface area contributed by atoms with Crippen molar-refractivity contribution in [3.8, 4) is 5.75 Å². The molecule has 8 heteroatoms. The molecule has 0 bridgehead atoms. The molecule has 0 unspecified atom stereocenters. The first-order valence-electron chi connectivity index (χ1n) is 11.5. The Balaban J connectivity index is 1.35. The van der Waals surface area contributed by atoms with Crippen molar-refractivity contribution in [1.82, 2.24) is 0 Å². The molecule has 2 aliphatic heterocycles. The standard InChI is InChI=1S/C27H26N2O4S2/c1-19-7-9-20(10-8-19)15-26(30)28-27-29(24-17-35(31,32)18-25(24)34-27)22-11-13-23(14-12-22)33-16-21-5-3-2-4-6-21/h2-14,24-25H,15-18H2,1H3/t24-,25-/m0/s1. The van der Waals surface area contributed by atoms with Gasteiger partial charge in [0.2, 0.25) is 0 Å². The van der Waals surface area contributed by atoms with Crippen molar-refractivity contribution in [1.29, 1.82) is 0 Å². The van der Waals surface area contributed by atoms with Crippen LogP contribution in [0.3, 0.4) is 0 Å². The molecule has 0 radical (unpaired) electrons. The number of ether oxygens (including phenoxy) is 1. The summed E-state index contributed by atoms with van der Waals surface area (Å²) in [5.41, 5.74) is 3.92. The van der Waals surface area contributed by atoms with E-state index in [0.717, 1.165) is 22.4 Å². The van der Waals surface area contributed by atoms with Crippen LogP contribution in [0.4, 0.5) is 5.69 Å².